The molecule has 24 heavy (non-hydrogen) atoms. The van der Waals surface area contributed by atoms with Crippen molar-refractivity contribution >= 4 is 17.5 Å². The molecule has 0 aliphatic carbocycles. The number of benzene rings is 1. The molecule has 0 unspecified atom stereocenters. The molecular formula is C16H16F2N4O2. The smallest absolute Gasteiger partial charge is 0.263 e. The Morgan fingerprint density at radius 3 is 2.75 bits per heavy atom. The number of aromatic nitrogens is 2. The van der Waals surface area contributed by atoms with Crippen molar-refractivity contribution in [1.29, 1.82) is 0 Å². The van der Waals surface area contributed by atoms with Crippen LogP contribution in [0.5, 0.6) is 5.75 Å². The molecule has 1 aromatic carbocycles. The van der Waals surface area contributed by atoms with Crippen LogP contribution in [0, 0.1) is 11.6 Å². The highest BCUT2D eigenvalue weighted by molar-refractivity contribution is 5.91. The van der Waals surface area contributed by atoms with Gasteiger partial charge in [0.25, 0.3) is 5.91 Å². The lowest BCUT2D eigenvalue weighted by atomic mass is 10.3. The van der Waals surface area contributed by atoms with E-state index in [1.807, 2.05) is 0 Å². The topological polar surface area (TPSA) is 67.3 Å². The van der Waals surface area contributed by atoms with Crippen molar-refractivity contribution in [2.75, 3.05) is 29.9 Å². The summed E-state index contributed by atoms with van der Waals surface area (Å²) in [4.78, 5) is 22.2. The number of carbonyl (C=O) groups excluding carboxylic acids is 1. The summed E-state index contributed by atoms with van der Waals surface area (Å²) in [5, 5.41) is 2.57. The quantitative estimate of drug-likeness (QED) is 0.909. The molecule has 1 saturated heterocycles. The predicted molar refractivity (Wildman–Crippen MR) is 84.0 cm³/mol. The molecule has 0 saturated carbocycles. The Balaban J connectivity index is 1.57. The summed E-state index contributed by atoms with van der Waals surface area (Å²) in [5.41, 5.74) is 0. The second kappa shape index (κ2) is 7.20. The average molecular weight is 334 g/mol. The van der Waals surface area contributed by atoms with Crippen LogP contribution in [-0.4, -0.2) is 35.6 Å². The Bertz CT molecular complexity index is 736. The van der Waals surface area contributed by atoms with Crippen molar-refractivity contribution in [3.8, 4) is 5.75 Å². The summed E-state index contributed by atoms with van der Waals surface area (Å²) in [7, 11) is 0. The van der Waals surface area contributed by atoms with Crippen molar-refractivity contribution < 1.29 is 18.3 Å². The number of nitrogens with one attached hydrogen (secondary N) is 1. The summed E-state index contributed by atoms with van der Waals surface area (Å²) in [6.45, 7) is 1.44. The van der Waals surface area contributed by atoms with Gasteiger partial charge in [-0.1, -0.05) is 0 Å². The molecule has 2 aromatic rings. The van der Waals surface area contributed by atoms with Crippen molar-refractivity contribution in [2.24, 2.45) is 0 Å². The van der Waals surface area contributed by atoms with Gasteiger partial charge in [0.1, 0.15) is 23.8 Å². The fourth-order valence-corrected chi connectivity index (χ4v) is 2.45. The third-order valence-corrected chi connectivity index (χ3v) is 3.60. The van der Waals surface area contributed by atoms with E-state index >= 15 is 0 Å². The molecule has 1 aliphatic heterocycles. The van der Waals surface area contributed by atoms with Crippen LogP contribution >= 0.6 is 0 Å². The van der Waals surface area contributed by atoms with E-state index < -0.39 is 24.1 Å². The van der Waals surface area contributed by atoms with Gasteiger partial charge in [0, 0.05) is 25.2 Å². The van der Waals surface area contributed by atoms with E-state index in [4.69, 9.17) is 4.74 Å². The molecule has 1 fully saturated rings. The molecule has 1 N–H and O–H groups in total. The highest BCUT2D eigenvalue weighted by Crippen LogP contribution is 2.20. The molecular weight excluding hydrogens is 318 g/mol. The van der Waals surface area contributed by atoms with Crippen LogP contribution in [0.15, 0.2) is 30.6 Å². The Hall–Kier alpha value is -2.77. The maximum Gasteiger partial charge on any atom is 0.263 e. The Morgan fingerprint density at radius 1 is 1.21 bits per heavy atom. The first kappa shape index (κ1) is 16.1. The molecule has 0 atom stereocenters. The third kappa shape index (κ3) is 3.95. The SMILES string of the molecule is O=C(COc1ccc(F)cc1F)Nc1cc(N2CCCC2)ncn1. The van der Waals surface area contributed by atoms with E-state index in [1.165, 1.54) is 6.33 Å². The van der Waals surface area contributed by atoms with Gasteiger partial charge in [0.05, 0.1) is 0 Å². The monoisotopic (exact) mass is 334 g/mol. The molecule has 8 heteroatoms. The molecule has 126 valence electrons. The van der Waals surface area contributed by atoms with Gasteiger partial charge >= 0.3 is 0 Å². The van der Waals surface area contributed by atoms with Crippen molar-refractivity contribution in [2.45, 2.75) is 12.8 Å². The molecule has 1 aromatic heterocycles. The number of carbonyl (C=O) groups is 1. The van der Waals surface area contributed by atoms with Crippen molar-refractivity contribution in [3.05, 3.63) is 42.2 Å². The largest absolute Gasteiger partial charge is 0.481 e. The second-order valence-electron chi connectivity index (χ2n) is 5.37. The zero-order valence-corrected chi connectivity index (χ0v) is 12.8. The lowest BCUT2D eigenvalue weighted by Crippen LogP contribution is -2.22. The fraction of sp³-hybridized carbons (Fsp3) is 0.312. The van der Waals surface area contributed by atoms with Gasteiger partial charge in [-0.15, -0.1) is 0 Å². The van der Waals surface area contributed by atoms with Crippen LogP contribution in [0.2, 0.25) is 0 Å². The highest BCUT2D eigenvalue weighted by atomic mass is 19.1. The average Bonchev–Trinajstić information content (AvgIpc) is 3.09. The standard InChI is InChI=1S/C16H16F2N4O2/c17-11-3-4-13(12(18)7-11)24-9-16(23)21-14-8-15(20-10-19-14)22-5-1-2-6-22/h3-4,7-8,10H,1-2,5-6,9H2,(H,19,20,21,23). The number of rotatable bonds is 5. The molecule has 1 amide bonds. The summed E-state index contributed by atoms with van der Waals surface area (Å²) < 4.78 is 31.3. The van der Waals surface area contributed by atoms with E-state index in [9.17, 15) is 13.6 Å². The maximum absolute atomic E-state index is 13.4. The molecule has 3 rings (SSSR count). The molecule has 2 heterocycles. The van der Waals surface area contributed by atoms with Gasteiger partial charge in [-0.25, -0.2) is 18.7 Å². The zero-order chi connectivity index (χ0) is 16.9. The minimum Gasteiger partial charge on any atom is -0.481 e. The van der Waals surface area contributed by atoms with Crippen molar-refractivity contribution in [1.82, 2.24) is 9.97 Å². The zero-order valence-electron chi connectivity index (χ0n) is 12.8. The molecule has 0 radical (unpaired) electrons. The maximum atomic E-state index is 13.4. The first-order chi connectivity index (χ1) is 11.6. The molecule has 0 spiro atoms. The predicted octanol–water partition coefficient (Wildman–Crippen LogP) is 2.37. The Kier molecular flexibility index (Phi) is 4.83. The minimum atomic E-state index is -0.860. The Labute approximate surface area is 137 Å². The van der Waals surface area contributed by atoms with Gasteiger partial charge in [-0.3, -0.25) is 4.79 Å². The van der Waals surface area contributed by atoms with Crippen LogP contribution in [0.1, 0.15) is 12.8 Å². The highest BCUT2D eigenvalue weighted by Gasteiger charge is 2.15. The van der Waals surface area contributed by atoms with Crippen LogP contribution in [0.25, 0.3) is 0 Å². The van der Waals surface area contributed by atoms with Crippen LogP contribution < -0.4 is 15.0 Å². The summed E-state index contributed by atoms with van der Waals surface area (Å²) in [6.07, 6.45) is 3.61. The second-order valence-corrected chi connectivity index (χ2v) is 5.37. The fourth-order valence-electron chi connectivity index (χ4n) is 2.45. The third-order valence-electron chi connectivity index (χ3n) is 3.60. The first-order valence-electron chi connectivity index (χ1n) is 7.56. The minimum absolute atomic E-state index is 0.188. The van der Waals surface area contributed by atoms with Gasteiger partial charge in [0.2, 0.25) is 0 Å². The number of hydrogen-bond acceptors (Lipinski definition) is 5. The number of nitrogens with zero attached hydrogens (tertiary/aromatic N) is 3. The number of anilines is 2. The van der Waals surface area contributed by atoms with E-state index in [0.29, 0.717) is 11.9 Å². The number of amides is 1. The summed E-state index contributed by atoms with van der Waals surface area (Å²) in [6, 6.07) is 4.57. The molecule has 1 aliphatic rings. The summed E-state index contributed by atoms with van der Waals surface area (Å²) in [5.74, 6) is -1.15. The van der Waals surface area contributed by atoms with E-state index in [2.05, 4.69) is 20.2 Å². The lowest BCUT2D eigenvalue weighted by molar-refractivity contribution is -0.118. The molecule has 6 nitrogen and oxygen atoms in total. The molecule has 0 bridgehead atoms. The van der Waals surface area contributed by atoms with E-state index in [1.54, 1.807) is 6.07 Å². The van der Waals surface area contributed by atoms with E-state index in [-0.39, 0.29) is 5.75 Å². The summed E-state index contributed by atoms with van der Waals surface area (Å²) >= 11 is 0. The first-order valence-corrected chi connectivity index (χ1v) is 7.56. The number of ether oxygens (including phenoxy) is 1. The van der Waals surface area contributed by atoms with Gasteiger partial charge in [-0.05, 0) is 25.0 Å². The van der Waals surface area contributed by atoms with Gasteiger partial charge in [0.15, 0.2) is 18.2 Å². The Morgan fingerprint density at radius 2 is 2.00 bits per heavy atom. The number of hydrogen-bond donors (Lipinski definition) is 1. The lowest BCUT2D eigenvalue weighted by Gasteiger charge is -2.16. The van der Waals surface area contributed by atoms with Crippen molar-refractivity contribution in [3.63, 3.8) is 0 Å². The van der Waals surface area contributed by atoms with E-state index in [0.717, 1.165) is 43.9 Å². The van der Waals surface area contributed by atoms with Crippen LogP contribution in [-0.2, 0) is 4.79 Å². The number of halogens is 2. The van der Waals surface area contributed by atoms with Crippen LogP contribution in [0.3, 0.4) is 0 Å². The van der Waals surface area contributed by atoms with Gasteiger partial charge < -0.3 is 15.0 Å². The van der Waals surface area contributed by atoms with Crippen LogP contribution in [0.4, 0.5) is 20.4 Å². The normalized spacial score (nSPS) is 13.8. The van der Waals surface area contributed by atoms with Gasteiger partial charge in [-0.2, -0.15) is 0 Å².